The van der Waals surface area contributed by atoms with Gasteiger partial charge in [0.15, 0.2) is 11.5 Å². The minimum absolute atomic E-state index is 0.153. The molecule has 178 valence electrons. The van der Waals surface area contributed by atoms with Crippen molar-refractivity contribution in [3.63, 3.8) is 0 Å². The highest BCUT2D eigenvalue weighted by Gasteiger charge is 2.18. The Morgan fingerprint density at radius 3 is 2.37 bits per heavy atom. The number of hydrogen-bond donors (Lipinski definition) is 2. The van der Waals surface area contributed by atoms with Crippen molar-refractivity contribution in [3.05, 3.63) is 88.7 Å². The van der Waals surface area contributed by atoms with E-state index >= 15 is 0 Å². The standard InChI is InChI=1S/C27H25N3O5/c1-33-22-9-7-21(8-10-22)29-26(31)17-30-23-15-25-24(34-11-12-35-25)14-18(23)13-19(27(30)32)16-28-20-5-3-2-4-6-20/h2-10,13-15,28H,11-12,16-17H2,1H3,(H,29,31). The van der Waals surface area contributed by atoms with Crippen LogP contribution in [0.15, 0.2) is 77.6 Å². The minimum Gasteiger partial charge on any atom is -0.497 e. The van der Waals surface area contributed by atoms with Crippen LogP contribution in [0.25, 0.3) is 10.9 Å². The lowest BCUT2D eigenvalue weighted by Gasteiger charge is -2.21. The molecule has 2 N–H and O–H groups in total. The summed E-state index contributed by atoms with van der Waals surface area (Å²) in [6.45, 7) is 1.05. The van der Waals surface area contributed by atoms with E-state index in [1.807, 2.05) is 42.5 Å². The van der Waals surface area contributed by atoms with E-state index in [1.54, 1.807) is 37.4 Å². The molecule has 1 aliphatic rings. The van der Waals surface area contributed by atoms with Gasteiger partial charge < -0.3 is 24.8 Å². The number of anilines is 2. The topological polar surface area (TPSA) is 90.8 Å². The second-order valence-corrected chi connectivity index (χ2v) is 8.11. The summed E-state index contributed by atoms with van der Waals surface area (Å²) >= 11 is 0. The number of rotatable bonds is 7. The third-order valence-electron chi connectivity index (χ3n) is 5.76. The summed E-state index contributed by atoms with van der Waals surface area (Å²) in [6.07, 6.45) is 0. The maximum absolute atomic E-state index is 13.5. The van der Waals surface area contributed by atoms with Gasteiger partial charge in [0.05, 0.1) is 12.6 Å². The third-order valence-corrected chi connectivity index (χ3v) is 5.76. The van der Waals surface area contributed by atoms with Crippen molar-refractivity contribution in [2.24, 2.45) is 0 Å². The van der Waals surface area contributed by atoms with Gasteiger partial charge in [-0.15, -0.1) is 0 Å². The van der Waals surface area contributed by atoms with Crippen molar-refractivity contribution in [2.75, 3.05) is 31.0 Å². The van der Waals surface area contributed by atoms with Gasteiger partial charge in [0.25, 0.3) is 5.56 Å². The summed E-state index contributed by atoms with van der Waals surface area (Å²) < 4.78 is 18.1. The fraction of sp³-hybridized carbons (Fsp3) is 0.185. The third kappa shape index (κ3) is 4.91. The molecule has 35 heavy (non-hydrogen) atoms. The van der Waals surface area contributed by atoms with Crippen molar-refractivity contribution in [1.29, 1.82) is 0 Å². The maximum Gasteiger partial charge on any atom is 0.256 e. The van der Waals surface area contributed by atoms with Crippen molar-refractivity contribution < 1.29 is 19.0 Å². The molecule has 5 rings (SSSR count). The molecule has 1 amide bonds. The van der Waals surface area contributed by atoms with Gasteiger partial charge in [0.2, 0.25) is 5.91 Å². The lowest BCUT2D eigenvalue weighted by atomic mass is 10.1. The van der Waals surface area contributed by atoms with E-state index in [1.165, 1.54) is 4.57 Å². The first-order valence-electron chi connectivity index (χ1n) is 11.3. The highest BCUT2D eigenvalue weighted by Crippen LogP contribution is 2.34. The van der Waals surface area contributed by atoms with Crippen LogP contribution in [0.4, 0.5) is 11.4 Å². The van der Waals surface area contributed by atoms with Crippen LogP contribution in [0.5, 0.6) is 17.2 Å². The molecule has 0 atom stereocenters. The molecule has 8 nitrogen and oxygen atoms in total. The van der Waals surface area contributed by atoms with E-state index in [0.717, 1.165) is 11.1 Å². The first-order chi connectivity index (χ1) is 17.1. The number of hydrogen-bond acceptors (Lipinski definition) is 6. The van der Waals surface area contributed by atoms with Crippen LogP contribution >= 0.6 is 0 Å². The molecule has 8 heteroatoms. The van der Waals surface area contributed by atoms with Crippen LogP contribution in [-0.2, 0) is 17.9 Å². The molecule has 2 heterocycles. The molecule has 0 saturated carbocycles. The smallest absolute Gasteiger partial charge is 0.256 e. The van der Waals surface area contributed by atoms with Crippen LogP contribution < -0.4 is 30.4 Å². The molecule has 1 aromatic heterocycles. The first kappa shape index (κ1) is 22.3. The van der Waals surface area contributed by atoms with Gasteiger partial charge >= 0.3 is 0 Å². The minimum atomic E-state index is -0.318. The first-order valence-corrected chi connectivity index (χ1v) is 11.3. The SMILES string of the molecule is COc1ccc(NC(=O)Cn2c(=O)c(CNc3ccccc3)cc3cc4c(cc32)OCCO4)cc1. The number of carbonyl (C=O) groups excluding carboxylic acids is 1. The number of pyridine rings is 1. The van der Waals surface area contributed by atoms with Crippen molar-refractivity contribution in [1.82, 2.24) is 4.57 Å². The van der Waals surface area contributed by atoms with E-state index in [-0.39, 0.29) is 18.0 Å². The Morgan fingerprint density at radius 1 is 0.943 bits per heavy atom. The zero-order chi connectivity index (χ0) is 24.2. The molecule has 4 aromatic rings. The number of aromatic nitrogens is 1. The van der Waals surface area contributed by atoms with Gasteiger partial charge in [-0.05, 0) is 48.5 Å². The van der Waals surface area contributed by atoms with Crippen LogP contribution in [0.2, 0.25) is 0 Å². The van der Waals surface area contributed by atoms with Crippen molar-refractivity contribution in [2.45, 2.75) is 13.1 Å². The van der Waals surface area contributed by atoms with Gasteiger partial charge in [-0.3, -0.25) is 14.2 Å². The Labute approximate surface area is 202 Å². The highest BCUT2D eigenvalue weighted by atomic mass is 16.6. The Balaban J connectivity index is 1.49. The number of methoxy groups -OCH3 is 1. The largest absolute Gasteiger partial charge is 0.497 e. The number of ether oxygens (including phenoxy) is 3. The number of benzene rings is 3. The Morgan fingerprint density at radius 2 is 1.66 bits per heavy atom. The zero-order valence-corrected chi connectivity index (χ0v) is 19.2. The summed E-state index contributed by atoms with van der Waals surface area (Å²) in [5.74, 6) is 1.55. The number of nitrogens with one attached hydrogen (secondary N) is 2. The predicted octanol–water partition coefficient (Wildman–Crippen LogP) is 4.03. The molecule has 0 fully saturated rings. The van der Waals surface area contributed by atoms with Crippen LogP contribution in [0.1, 0.15) is 5.56 Å². The van der Waals surface area contributed by atoms with E-state index in [0.29, 0.717) is 53.8 Å². The number of carbonyl (C=O) groups is 1. The van der Waals surface area contributed by atoms with Crippen LogP contribution in [-0.4, -0.2) is 30.8 Å². The van der Waals surface area contributed by atoms with Crippen LogP contribution in [0, 0.1) is 0 Å². The summed E-state index contributed by atoms with van der Waals surface area (Å²) in [7, 11) is 1.58. The van der Waals surface area contributed by atoms with Gasteiger partial charge in [-0.2, -0.15) is 0 Å². The Hall–Kier alpha value is -4.46. The molecule has 3 aromatic carbocycles. The molecular formula is C27H25N3O5. The summed E-state index contributed by atoms with van der Waals surface area (Å²) in [4.78, 5) is 26.4. The Kier molecular flexibility index (Phi) is 6.26. The van der Waals surface area contributed by atoms with Gasteiger partial charge in [0.1, 0.15) is 25.5 Å². The predicted molar refractivity (Wildman–Crippen MR) is 135 cm³/mol. The van der Waals surface area contributed by atoms with Crippen LogP contribution in [0.3, 0.4) is 0 Å². The number of nitrogens with zero attached hydrogens (tertiary/aromatic N) is 1. The van der Waals surface area contributed by atoms with E-state index in [9.17, 15) is 9.59 Å². The Bertz CT molecular complexity index is 1420. The number of fused-ring (bicyclic) bond motifs is 2. The van der Waals surface area contributed by atoms with E-state index in [2.05, 4.69) is 10.6 Å². The van der Waals surface area contributed by atoms with Gasteiger partial charge in [0, 0.05) is 34.9 Å². The molecule has 0 aliphatic carbocycles. The normalized spacial score (nSPS) is 12.3. The second kappa shape index (κ2) is 9.80. The molecular weight excluding hydrogens is 446 g/mol. The molecule has 0 bridgehead atoms. The average molecular weight is 472 g/mol. The number of amides is 1. The van der Waals surface area contributed by atoms with Crippen molar-refractivity contribution >= 4 is 28.2 Å². The molecule has 0 radical (unpaired) electrons. The molecule has 1 aliphatic heterocycles. The van der Waals surface area contributed by atoms with Gasteiger partial charge in [-0.1, -0.05) is 18.2 Å². The van der Waals surface area contributed by atoms with E-state index in [4.69, 9.17) is 14.2 Å². The van der Waals surface area contributed by atoms with E-state index < -0.39 is 0 Å². The molecule has 0 saturated heterocycles. The fourth-order valence-electron chi connectivity index (χ4n) is 4.03. The molecule has 0 spiro atoms. The lowest BCUT2D eigenvalue weighted by molar-refractivity contribution is -0.116. The zero-order valence-electron chi connectivity index (χ0n) is 19.2. The average Bonchev–Trinajstić information content (AvgIpc) is 2.89. The second-order valence-electron chi connectivity index (χ2n) is 8.11. The summed E-state index contributed by atoms with van der Waals surface area (Å²) in [5, 5.41) is 6.91. The van der Waals surface area contributed by atoms with Crippen molar-refractivity contribution in [3.8, 4) is 17.2 Å². The molecule has 0 unspecified atom stereocenters. The fourth-order valence-corrected chi connectivity index (χ4v) is 4.03. The quantitative estimate of drug-likeness (QED) is 0.423. The summed E-state index contributed by atoms with van der Waals surface area (Å²) in [5.41, 5.74) is 2.41. The lowest BCUT2D eigenvalue weighted by Crippen LogP contribution is -2.31. The summed E-state index contributed by atoms with van der Waals surface area (Å²) in [6, 6.07) is 22.1. The monoisotopic (exact) mass is 471 g/mol. The van der Waals surface area contributed by atoms with Gasteiger partial charge in [-0.25, -0.2) is 0 Å². The number of para-hydroxylation sites is 1. The highest BCUT2D eigenvalue weighted by molar-refractivity contribution is 5.92. The maximum atomic E-state index is 13.5.